The average Bonchev–Trinajstić information content (AvgIpc) is 2.84. The van der Waals surface area contributed by atoms with Gasteiger partial charge in [-0.25, -0.2) is 4.98 Å². The summed E-state index contributed by atoms with van der Waals surface area (Å²) in [5.74, 6) is 0.187. The molecule has 1 heterocycles. The summed E-state index contributed by atoms with van der Waals surface area (Å²) in [5.41, 5.74) is 1.67. The first kappa shape index (κ1) is 15.5. The van der Waals surface area contributed by atoms with Gasteiger partial charge in [0.25, 0.3) is 0 Å². The van der Waals surface area contributed by atoms with Gasteiger partial charge in [-0.3, -0.25) is 4.79 Å². The van der Waals surface area contributed by atoms with Crippen LogP contribution in [-0.4, -0.2) is 22.8 Å². The third kappa shape index (κ3) is 2.77. The fraction of sp³-hybridized carbons (Fsp3) is 0.412. The first-order valence-corrected chi connectivity index (χ1v) is 8.70. The normalized spacial score (nSPS) is 16.1. The second-order valence-electron chi connectivity index (χ2n) is 5.96. The summed E-state index contributed by atoms with van der Waals surface area (Å²) in [4.78, 5) is 19.3. The molecule has 22 heavy (non-hydrogen) atoms. The Morgan fingerprint density at radius 3 is 2.55 bits per heavy atom. The first-order valence-electron chi connectivity index (χ1n) is 7.44. The molecule has 3 rings (SSSR count). The van der Waals surface area contributed by atoms with Gasteiger partial charge in [-0.1, -0.05) is 30.2 Å². The molecule has 0 atom stereocenters. The van der Waals surface area contributed by atoms with E-state index in [9.17, 15) is 4.79 Å². The second-order valence-corrected chi connectivity index (χ2v) is 7.46. The molecule has 1 aromatic heterocycles. The predicted octanol–water partition coefficient (Wildman–Crippen LogP) is 4.19. The van der Waals surface area contributed by atoms with Crippen molar-refractivity contribution in [2.75, 3.05) is 7.05 Å². The number of carbonyl (C=O) groups is 1. The largest absolute Gasteiger partial charge is 0.339 e. The minimum atomic E-state index is -0.371. The molecule has 0 saturated heterocycles. The minimum Gasteiger partial charge on any atom is -0.339 e. The van der Waals surface area contributed by atoms with E-state index in [4.69, 9.17) is 11.6 Å². The highest BCUT2D eigenvalue weighted by atomic mass is 35.5. The van der Waals surface area contributed by atoms with E-state index in [0.717, 1.165) is 35.5 Å². The minimum absolute atomic E-state index is 0.187. The summed E-state index contributed by atoms with van der Waals surface area (Å²) < 4.78 is 0. The Bertz CT molecular complexity index is 676. The summed E-state index contributed by atoms with van der Waals surface area (Å²) in [6.45, 7) is 2.55. The molecule has 0 radical (unpaired) electrons. The molecule has 2 aromatic rings. The molecular weight excluding hydrogens is 316 g/mol. The SMILES string of the molecule is Cc1nc(CN(C)C(=O)C2(c3ccc(Cl)cc3)CCC2)cs1. The van der Waals surface area contributed by atoms with Crippen LogP contribution in [0.5, 0.6) is 0 Å². The van der Waals surface area contributed by atoms with Crippen LogP contribution in [0.25, 0.3) is 0 Å². The lowest BCUT2D eigenvalue weighted by molar-refractivity contribution is -0.140. The Kier molecular flexibility index (Phi) is 4.24. The van der Waals surface area contributed by atoms with Gasteiger partial charge in [-0.2, -0.15) is 0 Å². The van der Waals surface area contributed by atoms with Gasteiger partial charge in [0.1, 0.15) is 0 Å². The third-order valence-corrected chi connectivity index (χ3v) is 5.50. The Morgan fingerprint density at radius 2 is 2.05 bits per heavy atom. The van der Waals surface area contributed by atoms with Crippen molar-refractivity contribution >= 4 is 28.8 Å². The van der Waals surface area contributed by atoms with Crippen molar-refractivity contribution in [3.63, 3.8) is 0 Å². The van der Waals surface area contributed by atoms with Crippen LogP contribution >= 0.6 is 22.9 Å². The Morgan fingerprint density at radius 1 is 1.36 bits per heavy atom. The van der Waals surface area contributed by atoms with Crippen LogP contribution in [-0.2, 0) is 16.8 Å². The van der Waals surface area contributed by atoms with Gasteiger partial charge in [0.05, 0.1) is 22.7 Å². The third-order valence-electron chi connectivity index (χ3n) is 4.43. The van der Waals surface area contributed by atoms with Crippen molar-refractivity contribution in [1.29, 1.82) is 0 Å². The molecule has 1 aliphatic rings. The number of hydrogen-bond donors (Lipinski definition) is 0. The monoisotopic (exact) mass is 334 g/mol. The van der Waals surface area contributed by atoms with Crippen molar-refractivity contribution in [3.05, 3.63) is 50.9 Å². The Labute approximate surface area is 139 Å². The van der Waals surface area contributed by atoms with E-state index < -0.39 is 0 Å². The lowest BCUT2D eigenvalue weighted by Gasteiger charge is -2.43. The molecule has 116 valence electrons. The van der Waals surface area contributed by atoms with Gasteiger partial charge in [-0.15, -0.1) is 11.3 Å². The van der Waals surface area contributed by atoms with Gasteiger partial charge >= 0.3 is 0 Å². The molecule has 0 unspecified atom stereocenters. The number of aromatic nitrogens is 1. The maximum atomic E-state index is 13.0. The van der Waals surface area contributed by atoms with Gasteiger partial charge in [0.2, 0.25) is 5.91 Å². The standard InChI is InChI=1S/C17H19ClN2OS/c1-12-19-15(11-22-12)10-20(2)16(21)17(8-3-9-17)13-4-6-14(18)7-5-13/h4-7,11H,3,8-10H2,1-2H3. The zero-order valence-corrected chi connectivity index (χ0v) is 14.4. The van der Waals surface area contributed by atoms with Crippen LogP contribution in [0.15, 0.2) is 29.6 Å². The molecule has 0 aliphatic heterocycles. The highest BCUT2D eigenvalue weighted by Gasteiger charge is 2.46. The van der Waals surface area contributed by atoms with Crippen LogP contribution in [0.4, 0.5) is 0 Å². The average molecular weight is 335 g/mol. The summed E-state index contributed by atoms with van der Waals surface area (Å²) >= 11 is 7.59. The Balaban J connectivity index is 1.80. The molecule has 1 aromatic carbocycles. The van der Waals surface area contributed by atoms with Crippen molar-refractivity contribution in [2.24, 2.45) is 0 Å². The highest BCUT2D eigenvalue weighted by Crippen LogP contribution is 2.45. The van der Waals surface area contributed by atoms with E-state index >= 15 is 0 Å². The zero-order chi connectivity index (χ0) is 15.7. The molecular formula is C17H19ClN2OS. The number of amides is 1. The highest BCUT2D eigenvalue weighted by molar-refractivity contribution is 7.09. The van der Waals surface area contributed by atoms with E-state index in [0.29, 0.717) is 11.6 Å². The molecule has 1 fully saturated rings. The maximum absolute atomic E-state index is 13.0. The van der Waals surface area contributed by atoms with Gasteiger partial charge in [0.15, 0.2) is 0 Å². The van der Waals surface area contributed by atoms with Crippen molar-refractivity contribution in [3.8, 4) is 0 Å². The Hall–Kier alpha value is -1.39. The lowest BCUT2D eigenvalue weighted by atomic mass is 9.63. The fourth-order valence-electron chi connectivity index (χ4n) is 3.09. The summed E-state index contributed by atoms with van der Waals surface area (Å²) in [5, 5.41) is 3.76. The van der Waals surface area contributed by atoms with Crippen LogP contribution in [0.1, 0.15) is 35.5 Å². The zero-order valence-electron chi connectivity index (χ0n) is 12.8. The van der Waals surface area contributed by atoms with Crippen LogP contribution < -0.4 is 0 Å². The number of nitrogens with zero attached hydrogens (tertiary/aromatic N) is 2. The predicted molar refractivity (Wildman–Crippen MR) is 90.3 cm³/mol. The number of rotatable bonds is 4. The molecule has 0 bridgehead atoms. The fourth-order valence-corrected chi connectivity index (χ4v) is 3.82. The van der Waals surface area contributed by atoms with E-state index in [-0.39, 0.29) is 11.3 Å². The molecule has 1 saturated carbocycles. The quantitative estimate of drug-likeness (QED) is 0.840. The van der Waals surface area contributed by atoms with Gasteiger partial charge in [-0.05, 0) is 37.5 Å². The molecule has 0 spiro atoms. The molecule has 1 amide bonds. The van der Waals surface area contributed by atoms with E-state index in [1.807, 2.05) is 48.5 Å². The number of carbonyl (C=O) groups excluding carboxylic acids is 1. The number of hydrogen-bond acceptors (Lipinski definition) is 3. The van der Waals surface area contributed by atoms with Gasteiger partial charge < -0.3 is 4.90 Å². The van der Waals surface area contributed by atoms with Crippen LogP contribution in [0.3, 0.4) is 0 Å². The molecule has 1 aliphatic carbocycles. The molecule has 3 nitrogen and oxygen atoms in total. The van der Waals surface area contributed by atoms with E-state index in [1.165, 1.54) is 0 Å². The van der Waals surface area contributed by atoms with Crippen LogP contribution in [0.2, 0.25) is 5.02 Å². The summed E-state index contributed by atoms with van der Waals surface area (Å²) in [6.07, 6.45) is 2.92. The lowest BCUT2D eigenvalue weighted by Crippen LogP contribution is -2.49. The first-order chi connectivity index (χ1) is 10.5. The summed E-state index contributed by atoms with van der Waals surface area (Å²) in [7, 11) is 1.87. The number of likely N-dealkylation sites (N-methyl/N-ethyl adjacent to an activating group) is 1. The van der Waals surface area contributed by atoms with Crippen molar-refractivity contribution in [1.82, 2.24) is 9.88 Å². The molecule has 0 N–H and O–H groups in total. The van der Waals surface area contributed by atoms with Crippen molar-refractivity contribution < 1.29 is 4.79 Å². The van der Waals surface area contributed by atoms with Crippen molar-refractivity contribution in [2.45, 2.75) is 38.1 Å². The van der Waals surface area contributed by atoms with E-state index in [1.54, 1.807) is 11.3 Å². The maximum Gasteiger partial charge on any atom is 0.233 e. The second kappa shape index (κ2) is 6.01. The smallest absolute Gasteiger partial charge is 0.233 e. The number of halogens is 1. The van der Waals surface area contributed by atoms with Gasteiger partial charge in [0, 0.05) is 17.5 Å². The van der Waals surface area contributed by atoms with Crippen LogP contribution in [0, 0.1) is 6.92 Å². The number of thiazole rings is 1. The number of aryl methyl sites for hydroxylation is 1. The number of benzene rings is 1. The van der Waals surface area contributed by atoms with E-state index in [2.05, 4.69) is 4.98 Å². The topological polar surface area (TPSA) is 33.2 Å². The summed E-state index contributed by atoms with van der Waals surface area (Å²) in [6, 6.07) is 7.71. The molecule has 5 heteroatoms.